The molecule has 1 saturated carbocycles. The van der Waals surface area contributed by atoms with Crippen LogP contribution in [0, 0.1) is 0 Å². The molecule has 1 aliphatic carbocycles. The van der Waals surface area contributed by atoms with Crippen molar-refractivity contribution in [3.05, 3.63) is 23.9 Å². The van der Waals surface area contributed by atoms with Gasteiger partial charge in [-0.3, -0.25) is 4.79 Å². The topological polar surface area (TPSA) is 77.5 Å². The SMILES string of the molecule is CC(C)(O)Cc1c(SC(C)(C)C)c2cc(OCC(N)=O)ccc2n1C1CC1. The van der Waals surface area contributed by atoms with Crippen LogP contribution >= 0.6 is 11.8 Å². The van der Waals surface area contributed by atoms with Gasteiger partial charge in [0.25, 0.3) is 5.91 Å². The number of carbonyl (C=O) groups is 1. The molecule has 3 N–H and O–H groups in total. The Morgan fingerprint density at radius 2 is 1.96 bits per heavy atom. The van der Waals surface area contributed by atoms with E-state index in [1.807, 2.05) is 37.7 Å². The minimum Gasteiger partial charge on any atom is -0.484 e. The normalized spacial score (nSPS) is 15.3. The van der Waals surface area contributed by atoms with Crippen LogP contribution < -0.4 is 10.5 Å². The molecule has 0 bridgehead atoms. The summed E-state index contributed by atoms with van der Waals surface area (Å²) >= 11 is 1.82. The highest BCUT2D eigenvalue weighted by molar-refractivity contribution is 8.00. The summed E-state index contributed by atoms with van der Waals surface area (Å²) in [6.45, 7) is 10.2. The summed E-state index contributed by atoms with van der Waals surface area (Å²) in [5.74, 6) is 0.150. The lowest BCUT2D eigenvalue weighted by Gasteiger charge is -2.23. The summed E-state index contributed by atoms with van der Waals surface area (Å²) in [6.07, 6.45) is 2.93. The Labute approximate surface area is 165 Å². The molecule has 3 rings (SSSR count). The molecule has 1 fully saturated rings. The maximum absolute atomic E-state index is 11.1. The van der Waals surface area contributed by atoms with Crippen LogP contribution in [0.25, 0.3) is 10.9 Å². The number of hydrogen-bond acceptors (Lipinski definition) is 4. The third-order valence-corrected chi connectivity index (χ3v) is 5.60. The van der Waals surface area contributed by atoms with Gasteiger partial charge < -0.3 is 20.1 Å². The molecule has 0 aliphatic heterocycles. The van der Waals surface area contributed by atoms with Crippen molar-refractivity contribution in [3.8, 4) is 5.75 Å². The van der Waals surface area contributed by atoms with Crippen LogP contribution in [-0.2, 0) is 11.2 Å². The van der Waals surface area contributed by atoms with E-state index in [4.69, 9.17) is 10.5 Å². The number of aliphatic hydroxyl groups is 1. The minimum absolute atomic E-state index is 0.0289. The molecule has 1 aromatic carbocycles. The van der Waals surface area contributed by atoms with E-state index in [2.05, 4.69) is 31.4 Å². The summed E-state index contributed by atoms with van der Waals surface area (Å²) in [6, 6.07) is 6.45. The van der Waals surface area contributed by atoms with Crippen molar-refractivity contribution in [2.75, 3.05) is 6.61 Å². The molecule has 6 heteroatoms. The zero-order chi connectivity index (χ0) is 20.0. The smallest absolute Gasteiger partial charge is 0.255 e. The lowest BCUT2D eigenvalue weighted by Crippen LogP contribution is -2.24. The average molecular weight is 391 g/mol. The molecule has 148 valence electrons. The van der Waals surface area contributed by atoms with Gasteiger partial charge in [0.2, 0.25) is 0 Å². The highest BCUT2D eigenvalue weighted by Crippen LogP contribution is 2.48. The van der Waals surface area contributed by atoms with Crippen molar-refractivity contribution in [1.29, 1.82) is 0 Å². The van der Waals surface area contributed by atoms with Gasteiger partial charge in [-0.05, 0) is 44.9 Å². The number of nitrogens with two attached hydrogens (primary N) is 1. The lowest BCUT2D eigenvalue weighted by molar-refractivity contribution is -0.119. The Morgan fingerprint density at radius 1 is 1.30 bits per heavy atom. The van der Waals surface area contributed by atoms with Gasteiger partial charge >= 0.3 is 0 Å². The summed E-state index contributed by atoms with van der Waals surface area (Å²) in [4.78, 5) is 12.3. The number of nitrogens with zero attached hydrogens (tertiary/aromatic N) is 1. The summed E-state index contributed by atoms with van der Waals surface area (Å²) in [5, 5.41) is 11.7. The predicted octanol–water partition coefficient (Wildman–Crippen LogP) is 4.04. The predicted molar refractivity (Wildman–Crippen MR) is 111 cm³/mol. The summed E-state index contributed by atoms with van der Waals surface area (Å²) < 4.78 is 7.98. The Bertz CT molecular complexity index is 855. The first-order valence-corrected chi connectivity index (χ1v) is 10.3. The van der Waals surface area contributed by atoms with E-state index in [0.29, 0.717) is 18.2 Å². The molecular weight excluding hydrogens is 360 g/mol. The zero-order valence-corrected chi connectivity index (χ0v) is 17.7. The van der Waals surface area contributed by atoms with Gasteiger partial charge in [-0.2, -0.15) is 0 Å². The number of primary amides is 1. The van der Waals surface area contributed by atoms with Gasteiger partial charge in [0.1, 0.15) is 5.75 Å². The molecule has 1 aliphatic rings. The first-order valence-electron chi connectivity index (χ1n) is 9.44. The van der Waals surface area contributed by atoms with Gasteiger partial charge in [0, 0.05) is 38.7 Å². The van der Waals surface area contributed by atoms with Gasteiger partial charge in [0.05, 0.1) is 5.60 Å². The second-order valence-corrected chi connectivity index (χ2v) is 10.9. The Morgan fingerprint density at radius 3 is 2.48 bits per heavy atom. The standard InChI is InChI=1S/C21H30N2O3S/c1-20(2,3)27-19-15-10-14(26-12-18(22)24)8-9-16(15)23(13-6-7-13)17(19)11-21(4,5)25/h8-10,13,25H,6-7,11-12H2,1-5H3,(H2,22,24). The molecule has 0 saturated heterocycles. The van der Waals surface area contributed by atoms with Crippen molar-refractivity contribution in [2.24, 2.45) is 5.73 Å². The average Bonchev–Trinajstić information content (AvgIpc) is 3.30. The number of amides is 1. The van der Waals surface area contributed by atoms with Crippen molar-refractivity contribution in [3.63, 3.8) is 0 Å². The van der Waals surface area contributed by atoms with E-state index in [1.165, 1.54) is 23.4 Å². The first-order chi connectivity index (χ1) is 12.4. The number of aromatic nitrogens is 1. The molecule has 0 unspecified atom stereocenters. The van der Waals surface area contributed by atoms with Crippen LogP contribution in [0.4, 0.5) is 0 Å². The van der Waals surface area contributed by atoms with Crippen molar-refractivity contribution in [1.82, 2.24) is 4.57 Å². The second-order valence-electron chi connectivity index (χ2n) is 9.01. The van der Waals surface area contributed by atoms with Crippen molar-refractivity contribution >= 4 is 28.6 Å². The van der Waals surface area contributed by atoms with Crippen LogP contribution in [0.15, 0.2) is 23.1 Å². The number of rotatable bonds is 7. The van der Waals surface area contributed by atoms with Gasteiger partial charge in [0.15, 0.2) is 6.61 Å². The highest BCUT2D eigenvalue weighted by Gasteiger charge is 2.33. The number of hydrogen-bond donors (Lipinski definition) is 2. The van der Waals surface area contributed by atoms with Gasteiger partial charge in [-0.25, -0.2) is 0 Å². The maximum Gasteiger partial charge on any atom is 0.255 e. The first kappa shape index (κ1) is 20.1. The monoisotopic (exact) mass is 390 g/mol. The molecule has 0 radical (unpaired) electrons. The molecule has 0 atom stereocenters. The summed E-state index contributed by atoms with van der Waals surface area (Å²) in [7, 11) is 0. The Balaban J connectivity index is 2.17. The molecule has 2 aromatic rings. The highest BCUT2D eigenvalue weighted by atomic mass is 32.2. The van der Waals surface area contributed by atoms with Crippen LogP contribution in [0.2, 0.25) is 0 Å². The van der Waals surface area contributed by atoms with E-state index in [9.17, 15) is 9.90 Å². The zero-order valence-electron chi connectivity index (χ0n) is 16.8. The third-order valence-electron chi connectivity index (χ3n) is 4.33. The fraction of sp³-hybridized carbons (Fsp3) is 0.571. The maximum atomic E-state index is 11.1. The minimum atomic E-state index is -0.792. The summed E-state index contributed by atoms with van der Waals surface area (Å²) in [5.41, 5.74) is 6.77. The van der Waals surface area contributed by atoms with E-state index >= 15 is 0 Å². The molecule has 5 nitrogen and oxygen atoms in total. The second kappa shape index (κ2) is 7.06. The quantitative estimate of drug-likeness (QED) is 0.699. The van der Waals surface area contributed by atoms with Gasteiger partial charge in [-0.15, -0.1) is 11.8 Å². The molecule has 1 amide bonds. The molecule has 1 heterocycles. The van der Waals surface area contributed by atoms with Crippen molar-refractivity contribution < 1.29 is 14.6 Å². The molecule has 0 spiro atoms. The molecular formula is C21H30N2O3S. The van der Waals surface area contributed by atoms with E-state index in [1.54, 1.807) is 0 Å². The van der Waals surface area contributed by atoms with E-state index in [0.717, 1.165) is 10.9 Å². The number of thioether (sulfide) groups is 1. The lowest BCUT2D eigenvalue weighted by atomic mass is 10.0. The fourth-order valence-corrected chi connectivity index (χ4v) is 4.48. The van der Waals surface area contributed by atoms with E-state index in [-0.39, 0.29) is 11.4 Å². The number of carbonyl (C=O) groups excluding carboxylic acids is 1. The Kier molecular flexibility index (Phi) is 5.25. The number of benzene rings is 1. The molecule has 27 heavy (non-hydrogen) atoms. The largest absolute Gasteiger partial charge is 0.484 e. The number of ether oxygens (including phenoxy) is 1. The third kappa shape index (κ3) is 4.99. The van der Waals surface area contributed by atoms with Crippen LogP contribution in [0.1, 0.15) is 59.2 Å². The van der Waals surface area contributed by atoms with Gasteiger partial charge in [-0.1, -0.05) is 20.8 Å². The van der Waals surface area contributed by atoms with Crippen LogP contribution in [0.3, 0.4) is 0 Å². The van der Waals surface area contributed by atoms with Crippen molar-refractivity contribution in [2.45, 2.75) is 75.2 Å². The van der Waals surface area contributed by atoms with E-state index < -0.39 is 11.5 Å². The van der Waals surface area contributed by atoms with Crippen LogP contribution in [0.5, 0.6) is 5.75 Å². The fourth-order valence-electron chi connectivity index (χ4n) is 3.31. The number of fused-ring (bicyclic) bond motifs is 1. The Hall–Kier alpha value is -1.66. The molecule has 1 aromatic heterocycles. The van der Waals surface area contributed by atoms with Crippen LogP contribution in [-0.4, -0.2) is 32.5 Å².